The Labute approximate surface area is 135 Å². The molecule has 0 bridgehead atoms. The number of hydrogen-bond donors (Lipinski definition) is 1. The number of benzene rings is 2. The van der Waals surface area contributed by atoms with Gasteiger partial charge >= 0.3 is 0 Å². The first-order valence-corrected chi connectivity index (χ1v) is 8.41. The Hall–Kier alpha value is -1.86. The minimum absolute atomic E-state index is 1.02. The molecule has 0 saturated carbocycles. The maximum atomic E-state index is 3.23. The molecule has 3 rings (SSSR count). The standard InChI is InChI=1S/C19H21N.C2H6/c1-20-14-6-11-19-17-9-4-2-7-15(17)12-13-16-8-3-5-10-18(16)19;1-2/h2-5,7-11,20H,6,12-14H2,1H3;1-2H3. The van der Waals surface area contributed by atoms with Crippen LogP contribution in [0.2, 0.25) is 0 Å². The number of nitrogens with one attached hydrogen (secondary N) is 1. The van der Waals surface area contributed by atoms with E-state index < -0.39 is 0 Å². The summed E-state index contributed by atoms with van der Waals surface area (Å²) in [4.78, 5) is 0. The van der Waals surface area contributed by atoms with Crippen LogP contribution in [0.15, 0.2) is 54.6 Å². The van der Waals surface area contributed by atoms with Crippen LogP contribution in [-0.4, -0.2) is 13.6 Å². The normalized spacial score (nSPS) is 12.4. The van der Waals surface area contributed by atoms with E-state index in [2.05, 4.69) is 59.9 Å². The second-order valence-electron chi connectivity index (χ2n) is 5.32. The van der Waals surface area contributed by atoms with Crippen molar-refractivity contribution in [2.45, 2.75) is 33.1 Å². The lowest BCUT2D eigenvalue weighted by atomic mass is 9.93. The number of fused-ring (bicyclic) bond motifs is 2. The first kappa shape index (κ1) is 16.5. The molecule has 0 spiro atoms. The molecule has 116 valence electrons. The smallest absolute Gasteiger partial charge is 0.00169 e. The first-order chi connectivity index (χ1) is 10.9. The Balaban J connectivity index is 0.000000847. The van der Waals surface area contributed by atoms with Crippen molar-refractivity contribution in [2.75, 3.05) is 13.6 Å². The van der Waals surface area contributed by atoms with E-state index in [0.29, 0.717) is 0 Å². The molecule has 0 saturated heterocycles. The fourth-order valence-electron chi connectivity index (χ4n) is 3.00. The molecule has 1 heteroatoms. The van der Waals surface area contributed by atoms with Gasteiger partial charge in [0.1, 0.15) is 0 Å². The van der Waals surface area contributed by atoms with E-state index in [-0.39, 0.29) is 0 Å². The molecule has 0 aliphatic heterocycles. The molecule has 0 atom stereocenters. The third kappa shape index (κ3) is 3.66. The van der Waals surface area contributed by atoms with Crippen LogP contribution < -0.4 is 5.32 Å². The molecule has 1 aliphatic rings. The number of aryl methyl sites for hydroxylation is 2. The molecular weight excluding hydrogens is 266 g/mol. The Morgan fingerprint density at radius 1 is 0.864 bits per heavy atom. The molecule has 0 amide bonds. The van der Waals surface area contributed by atoms with Gasteiger partial charge in [0.25, 0.3) is 0 Å². The maximum Gasteiger partial charge on any atom is -0.00169 e. The van der Waals surface area contributed by atoms with E-state index in [1.54, 1.807) is 0 Å². The zero-order chi connectivity index (χ0) is 15.8. The number of rotatable bonds is 3. The van der Waals surface area contributed by atoms with Gasteiger partial charge in [0.05, 0.1) is 0 Å². The summed E-state index contributed by atoms with van der Waals surface area (Å²) in [6.45, 7) is 5.02. The molecule has 0 unspecified atom stereocenters. The van der Waals surface area contributed by atoms with Crippen LogP contribution in [0.25, 0.3) is 5.57 Å². The van der Waals surface area contributed by atoms with E-state index in [9.17, 15) is 0 Å². The van der Waals surface area contributed by atoms with Gasteiger partial charge in [-0.05, 0) is 60.7 Å². The molecule has 1 aliphatic carbocycles. The summed E-state index contributed by atoms with van der Waals surface area (Å²) in [7, 11) is 2.01. The predicted octanol–water partition coefficient (Wildman–Crippen LogP) is 4.85. The molecule has 22 heavy (non-hydrogen) atoms. The second-order valence-corrected chi connectivity index (χ2v) is 5.32. The largest absolute Gasteiger partial charge is 0.319 e. The summed E-state index contributed by atoms with van der Waals surface area (Å²) < 4.78 is 0. The lowest BCUT2D eigenvalue weighted by molar-refractivity contribution is 0.808. The monoisotopic (exact) mass is 293 g/mol. The van der Waals surface area contributed by atoms with Crippen molar-refractivity contribution in [1.82, 2.24) is 5.32 Å². The summed E-state index contributed by atoms with van der Waals surface area (Å²) in [6.07, 6.45) is 5.72. The van der Waals surface area contributed by atoms with Gasteiger partial charge in [-0.2, -0.15) is 0 Å². The fraction of sp³-hybridized carbons (Fsp3) is 0.333. The van der Waals surface area contributed by atoms with Crippen molar-refractivity contribution in [3.63, 3.8) is 0 Å². The van der Waals surface area contributed by atoms with Crippen molar-refractivity contribution in [1.29, 1.82) is 0 Å². The van der Waals surface area contributed by atoms with E-state index in [4.69, 9.17) is 0 Å². The second kappa shape index (κ2) is 8.55. The Bertz CT molecular complexity index is 576. The van der Waals surface area contributed by atoms with Crippen LogP contribution in [0.3, 0.4) is 0 Å². The molecule has 0 radical (unpaired) electrons. The summed E-state index contributed by atoms with van der Waals surface area (Å²) >= 11 is 0. The van der Waals surface area contributed by atoms with E-state index in [0.717, 1.165) is 25.8 Å². The van der Waals surface area contributed by atoms with Gasteiger partial charge in [-0.15, -0.1) is 0 Å². The highest BCUT2D eigenvalue weighted by molar-refractivity contribution is 5.83. The number of hydrogen-bond acceptors (Lipinski definition) is 1. The maximum absolute atomic E-state index is 3.23. The Morgan fingerprint density at radius 2 is 1.36 bits per heavy atom. The molecule has 0 heterocycles. The minimum atomic E-state index is 1.02. The lowest BCUT2D eigenvalue weighted by Gasteiger charge is -2.12. The van der Waals surface area contributed by atoms with Gasteiger partial charge in [0.2, 0.25) is 0 Å². The van der Waals surface area contributed by atoms with Gasteiger partial charge in [0.15, 0.2) is 0 Å². The molecular formula is C21H27N. The molecule has 0 aromatic heterocycles. The van der Waals surface area contributed by atoms with Crippen molar-refractivity contribution < 1.29 is 0 Å². The van der Waals surface area contributed by atoms with Crippen LogP contribution in [0.4, 0.5) is 0 Å². The Kier molecular flexibility index (Phi) is 6.42. The summed E-state index contributed by atoms with van der Waals surface area (Å²) in [6, 6.07) is 17.7. The topological polar surface area (TPSA) is 12.0 Å². The molecule has 0 fully saturated rings. The van der Waals surface area contributed by atoms with Crippen molar-refractivity contribution in [3.8, 4) is 0 Å². The zero-order valence-corrected chi connectivity index (χ0v) is 14.0. The summed E-state index contributed by atoms with van der Waals surface area (Å²) in [5.41, 5.74) is 7.17. The van der Waals surface area contributed by atoms with Crippen LogP contribution in [0.1, 0.15) is 42.5 Å². The molecule has 1 nitrogen and oxygen atoms in total. The minimum Gasteiger partial charge on any atom is -0.319 e. The predicted molar refractivity (Wildman–Crippen MR) is 97.3 cm³/mol. The quantitative estimate of drug-likeness (QED) is 0.797. The van der Waals surface area contributed by atoms with Gasteiger partial charge < -0.3 is 5.32 Å². The van der Waals surface area contributed by atoms with E-state index in [1.807, 2.05) is 20.9 Å². The van der Waals surface area contributed by atoms with E-state index in [1.165, 1.54) is 27.8 Å². The third-order valence-electron chi connectivity index (χ3n) is 4.02. The molecule has 2 aromatic carbocycles. The summed E-state index contributed by atoms with van der Waals surface area (Å²) in [5.74, 6) is 0. The van der Waals surface area contributed by atoms with Crippen LogP contribution >= 0.6 is 0 Å². The van der Waals surface area contributed by atoms with Crippen LogP contribution in [0.5, 0.6) is 0 Å². The SMILES string of the molecule is CC.CNCCC=C1c2ccccc2CCc2ccccc21. The lowest BCUT2D eigenvalue weighted by Crippen LogP contribution is -2.06. The zero-order valence-electron chi connectivity index (χ0n) is 14.0. The van der Waals surface area contributed by atoms with Crippen molar-refractivity contribution in [2.24, 2.45) is 0 Å². The van der Waals surface area contributed by atoms with Crippen molar-refractivity contribution in [3.05, 3.63) is 76.9 Å². The average molecular weight is 293 g/mol. The average Bonchev–Trinajstić information content (AvgIpc) is 2.75. The fourth-order valence-corrected chi connectivity index (χ4v) is 3.00. The highest BCUT2D eigenvalue weighted by atomic mass is 14.8. The van der Waals surface area contributed by atoms with Gasteiger partial charge in [0, 0.05) is 0 Å². The van der Waals surface area contributed by atoms with Gasteiger partial charge in [-0.1, -0.05) is 68.5 Å². The van der Waals surface area contributed by atoms with Crippen LogP contribution in [-0.2, 0) is 12.8 Å². The van der Waals surface area contributed by atoms with E-state index >= 15 is 0 Å². The van der Waals surface area contributed by atoms with Crippen LogP contribution in [0, 0.1) is 0 Å². The Morgan fingerprint density at radius 3 is 1.86 bits per heavy atom. The van der Waals surface area contributed by atoms with Crippen molar-refractivity contribution >= 4 is 5.57 Å². The summed E-state index contributed by atoms with van der Waals surface area (Å²) in [5, 5.41) is 3.23. The van der Waals surface area contributed by atoms with Gasteiger partial charge in [-0.25, -0.2) is 0 Å². The first-order valence-electron chi connectivity index (χ1n) is 8.41. The van der Waals surface area contributed by atoms with Gasteiger partial charge in [-0.3, -0.25) is 0 Å². The molecule has 2 aromatic rings. The highest BCUT2D eigenvalue weighted by Gasteiger charge is 2.16. The highest BCUT2D eigenvalue weighted by Crippen LogP contribution is 2.33. The third-order valence-corrected chi connectivity index (χ3v) is 4.02. The molecule has 1 N–H and O–H groups in total.